The normalized spacial score (nSPS) is 13.2. The van der Waals surface area contributed by atoms with Gasteiger partial charge in [0.2, 0.25) is 11.8 Å². The SMILES string of the molecule is Cc1cc(C=CC(=O)N2CCN(Cc3ccc(CCOc4ccc(C(C)C)cc4)cc3)CC2)c(Cl)cc1Oc1ccc(OCc2ccc(C#N)cc2)cn1. The molecule has 0 N–H and O–H groups in total. The van der Waals surface area contributed by atoms with Crippen LogP contribution in [0.5, 0.6) is 23.1 Å². The Kier molecular flexibility index (Phi) is 13.0. The van der Waals surface area contributed by atoms with Crippen molar-refractivity contribution >= 4 is 23.6 Å². The third kappa shape index (κ3) is 10.7. The van der Waals surface area contributed by atoms with Crippen molar-refractivity contribution in [1.29, 1.82) is 5.26 Å². The van der Waals surface area contributed by atoms with Gasteiger partial charge in [0.1, 0.15) is 23.9 Å². The van der Waals surface area contributed by atoms with E-state index in [-0.39, 0.29) is 5.91 Å². The maximum Gasteiger partial charge on any atom is 0.246 e. The van der Waals surface area contributed by atoms with Crippen molar-refractivity contribution in [2.24, 2.45) is 0 Å². The second-order valence-corrected chi connectivity index (χ2v) is 14.2. The molecule has 1 aromatic heterocycles. The maximum absolute atomic E-state index is 13.1. The van der Waals surface area contributed by atoms with E-state index in [4.69, 9.17) is 31.1 Å². The highest BCUT2D eigenvalue weighted by atomic mass is 35.5. The fourth-order valence-corrected chi connectivity index (χ4v) is 6.31. The van der Waals surface area contributed by atoms with Crippen molar-refractivity contribution in [1.82, 2.24) is 14.8 Å². The molecule has 0 saturated carbocycles. The van der Waals surface area contributed by atoms with E-state index in [1.54, 1.807) is 48.7 Å². The first kappa shape index (κ1) is 38.1. The summed E-state index contributed by atoms with van der Waals surface area (Å²) >= 11 is 6.62. The average Bonchev–Trinajstić information content (AvgIpc) is 3.19. The number of halogens is 1. The van der Waals surface area contributed by atoms with Crippen LogP contribution in [0.15, 0.2) is 109 Å². The third-order valence-electron chi connectivity index (χ3n) is 9.43. The fraction of sp³-hybridized carbons (Fsp3) is 0.267. The largest absolute Gasteiger partial charge is 0.493 e. The lowest BCUT2D eigenvalue weighted by Crippen LogP contribution is -2.47. The van der Waals surface area contributed by atoms with Crippen molar-refractivity contribution in [2.45, 2.75) is 46.3 Å². The summed E-state index contributed by atoms with van der Waals surface area (Å²) in [6.45, 7) is 11.1. The molecule has 8 nitrogen and oxygen atoms in total. The summed E-state index contributed by atoms with van der Waals surface area (Å²) in [6, 6.07) is 33.6. The number of rotatable bonds is 14. The van der Waals surface area contributed by atoms with E-state index in [9.17, 15) is 4.79 Å². The van der Waals surface area contributed by atoms with E-state index in [1.807, 2.05) is 42.2 Å². The quantitative estimate of drug-likeness (QED) is 0.105. The van der Waals surface area contributed by atoms with Gasteiger partial charge in [0, 0.05) is 57.4 Å². The highest BCUT2D eigenvalue weighted by molar-refractivity contribution is 6.32. The van der Waals surface area contributed by atoms with E-state index in [2.05, 4.69) is 66.2 Å². The number of ether oxygens (including phenoxy) is 3. The first-order chi connectivity index (χ1) is 26.2. The number of carbonyl (C=O) groups excluding carboxylic acids is 1. The smallest absolute Gasteiger partial charge is 0.246 e. The van der Waals surface area contributed by atoms with Crippen LogP contribution < -0.4 is 14.2 Å². The summed E-state index contributed by atoms with van der Waals surface area (Å²) in [5, 5.41) is 9.43. The molecule has 54 heavy (non-hydrogen) atoms. The van der Waals surface area contributed by atoms with Crippen LogP contribution in [0.4, 0.5) is 0 Å². The molecular weight excluding hydrogens is 696 g/mol. The number of aryl methyl sites for hydroxylation is 1. The first-order valence-corrected chi connectivity index (χ1v) is 18.7. The predicted octanol–water partition coefficient (Wildman–Crippen LogP) is 9.39. The summed E-state index contributed by atoms with van der Waals surface area (Å²) in [7, 11) is 0. The topological polar surface area (TPSA) is 87.9 Å². The molecule has 0 bridgehead atoms. The molecule has 0 aliphatic carbocycles. The zero-order valence-corrected chi connectivity index (χ0v) is 31.8. The van der Waals surface area contributed by atoms with Crippen molar-refractivity contribution in [3.63, 3.8) is 0 Å². The lowest BCUT2D eigenvalue weighted by Gasteiger charge is -2.34. The Morgan fingerprint density at radius 1 is 0.870 bits per heavy atom. The Balaban J connectivity index is 0.922. The van der Waals surface area contributed by atoms with Crippen LogP contribution in [0.2, 0.25) is 5.02 Å². The van der Waals surface area contributed by atoms with Crippen LogP contribution in [-0.4, -0.2) is 53.5 Å². The number of piperazine rings is 1. The molecule has 0 atom stereocenters. The van der Waals surface area contributed by atoms with Crippen molar-refractivity contribution in [3.05, 3.63) is 153 Å². The molecule has 0 unspecified atom stereocenters. The van der Waals surface area contributed by atoms with Crippen LogP contribution >= 0.6 is 11.6 Å². The fourth-order valence-electron chi connectivity index (χ4n) is 6.09. The summed E-state index contributed by atoms with van der Waals surface area (Å²) in [5.41, 5.74) is 6.99. The summed E-state index contributed by atoms with van der Waals surface area (Å²) in [6.07, 6.45) is 5.82. The molecular formula is C45H45ClN4O4. The van der Waals surface area contributed by atoms with Gasteiger partial charge in [-0.2, -0.15) is 5.26 Å². The molecule has 5 aromatic rings. The molecule has 0 spiro atoms. The molecule has 4 aromatic carbocycles. The van der Waals surface area contributed by atoms with Crippen LogP contribution in [0.1, 0.15) is 58.7 Å². The molecule has 1 fully saturated rings. The average molecular weight is 741 g/mol. The minimum Gasteiger partial charge on any atom is -0.493 e. The standard InChI is InChI=1S/C45H45ClN4O4/c1-32(2)38-12-15-40(16-13-38)52-25-20-34-4-8-36(9-5-34)30-49-21-23-50(24-22-49)45(51)19-14-39-26-33(3)43(27-42(39)46)54-44-18-17-41(29-48-44)53-31-37-10-6-35(28-47)7-11-37/h4-19,26-27,29,32H,20-25,30-31H2,1-3H3. The van der Waals surface area contributed by atoms with Gasteiger partial charge in [-0.15, -0.1) is 0 Å². The monoisotopic (exact) mass is 740 g/mol. The maximum atomic E-state index is 13.1. The van der Waals surface area contributed by atoms with Gasteiger partial charge >= 0.3 is 0 Å². The Morgan fingerprint density at radius 2 is 1.56 bits per heavy atom. The summed E-state index contributed by atoms with van der Waals surface area (Å²) < 4.78 is 17.8. The molecule has 2 heterocycles. The lowest BCUT2D eigenvalue weighted by atomic mass is 10.0. The van der Waals surface area contributed by atoms with Crippen molar-refractivity contribution in [3.8, 4) is 29.2 Å². The second-order valence-electron chi connectivity index (χ2n) is 13.7. The Morgan fingerprint density at radius 3 is 2.22 bits per heavy atom. The molecule has 1 aliphatic rings. The number of hydrogen-bond donors (Lipinski definition) is 0. The van der Waals surface area contributed by atoms with Gasteiger partial charge in [-0.1, -0.05) is 74.0 Å². The Labute approximate surface area is 323 Å². The van der Waals surface area contributed by atoms with Crippen LogP contribution in [0.3, 0.4) is 0 Å². The van der Waals surface area contributed by atoms with E-state index in [0.29, 0.717) is 60.2 Å². The van der Waals surface area contributed by atoms with Crippen LogP contribution in [0, 0.1) is 18.3 Å². The lowest BCUT2D eigenvalue weighted by molar-refractivity contribution is -0.127. The molecule has 276 valence electrons. The number of nitrogens with zero attached hydrogens (tertiary/aromatic N) is 4. The van der Waals surface area contributed by atoms with Crippen LogP contribution in [0.25, 0.3) is 6.08 Å². The van der Waals surface area contributed by atoms with Gasteiger partial charge in [0.05, 0.1) is 29.5 Å². The van der Waals surface area contributed by atoms with Gasteiger partial charge in [0.25, 0.3) is 0 Å². The van der Waals surface area contributed by atoms with Crippen molar-refractivity contribution < 1.29 is 19.0 Å². The van der Waals surface area contributed by atoms with Gasteiger partial charge in [-0.05, 0) is 88.7 Å². The zero-order chi connectivity index (χ0) is 37.9. The summed E-state index contributed by atoms with van der Waals surface area (Å²) in [4.78, 5) is 21.7. The molecule has 6 rings (SSSR count). The van der Waals surface area contributed by atoms with E-state index in [1.165, 1.54) is 16.7 Å². The van der Waals surface area contributed by atoms with Crippen molar-refractivity contribution in [2.75, 3.05) is 32.8 Å². The van der Waals surface area contributed by atoms with E-state index in [0.717, 1.165) is 48.5 Å². The molecule has 1 aliphatic heterocycles. The van der Waals surface area contributed by atoms with Gasteiger partial charge in [-0.25, -0.2) is 4.98 Å². The first-order valence-electron chi connectivity index (χ1n) is 18.3. The summed E-state index contributed by atoms with van der Waals surface area (Å²) in [5.74, 6) is 2.96. The minimum atomic E-state index is -0.0307. The Bertz CT molecular complexity index is 2070. The Hall–Kier alpha value is -5.62. The number of amides is 1. The van der Waals surface area contributed by atoms with E-state index < -0.39 is 0 Å². The minimum absolute atomic E-state index is 0.0307. The molecule has 1 saturated heterocycles. The number of pyridine rings is 1. The number of benzene rings is 4. The highest BCUT2D eigenvalue weighted by Gasteiger charge is 2.20. The molecule has 1 amide bonds. The number of nitriles is 1. The van der Waals surface area contributed by atoms with Gasteiger partial charge < -0.3 is 19.1 Å². The van der Waals surface area contributed by atoms with Crippen LogP contribution in [-0.2, 0) is 24.4 Å². The third-order valence-corrected chi connectivity index (χ3v) is 9.76. The molecule has 0 radical (unpaired) electrons. The van der Waals surface area contributed by atoms with Gasteiger partial charge in [0.15, 0.2) is 0 Å². The van der Waals surface area contributed by atoms with E-state index >= 15 is 0 Å². The number of carbonyl (C=O) groups is 1. The number of hydrogen-bond acceptors (Lipinski definition) is 7. The predicted molar refractivity (Wildman–Crippen MR) is 213 cm³/mol. The molecule has 9 heteroatoms. The second kappa shape index (κ2) is 18.4. The highest BCUT2D eigenvalue weighted by Crippen LogP contribution is 2.31. The number of aromatic nitrogens is 1. The van der Waals surface area contributed by atoms with Gasteiger partial charge in [-0.3, -0.25) is 9.69 Å². The zero-order valence-electron chi connectivity index (χ0n) is 31.0.